The molecule has 0 bridgehead atoms. The average molecular weight is 362 g/mol. The number of aliphatic hydroxyl groups excluding tert-OH is 1. The van der Waals surface area contributed by atoms with Gasteiger partial charge in [0.25, 0.3) is 0 Å². The van der Waals surface area contributed by atoms with Crippen LogP contribution in [0.1, 0.15) is 18.7 Å². The van der Waals surface area contributed by atoms with Crippen LogP contribution in [0.15, 0.2) is 72.9 Å². The summed E-state index contributed by atoms with van der Waals surface area (Å²) in [5.74, 6) is 0.786. The molecule has 0 amide bonds. The minimum atomic E-state index is -0.511. The van der Waals surface area contributed by atoms with Crippen LogP contribution >= 0.6 is 0 Å². The van der Waals surface area contributed by atoms with Crippen LogP contribution < -0.4 is 4.74 Å². The van der Waals surface area contributed by atoms with Crippen molar-refractivity contribution >= 4 is 0 Å². The van der Waals surface area contributed by atoms with Gasteiger partial charge in [0, 0.05) is 37.6 Å². The molecule has 1 aromatic heterocycles. The number of aromatic nitrogens is 1. The minimum Gasteiger partial charge on any atom is -0.491 e. The van der Waals surface area contributed by atoms with Gasteiger partial charge in [-0.05, 0) is 42.3 Å². The van der Waals surface area contributed by atoms with Gasteiger partial charge in [-0.15, -0.1) is 0 Å². The second-order valence-corrected chi connectivity index (χ2v) is 7.15. The molecule has 2 aromatic carbocycles. The monoisotopic (exact) mass is 362 g/mol. The summed E-state index contributed by atoms with van der Waals surface area (Å²) in [5.41, 5.74) is 3.66. The number of nitrogens with zero attached hydrogens (tertiary/aromatic N) is 2. The Hall–Kier alpha value is -2.56. The molecule has 2 heterocycles. The van der Waals surface area contributed by atoms with Crippen molar-refractivity contribution in [1.82, 2.24) is 9.47 Å². The molecule has 4 heteroatoms. The van der Waals surface area contributed by atoms with Gasteiger partial charge in [-0.1, -0.05) is 42.5 Å². The molecular formula is C23H26N2O2. The van der Waals surface area contributed by atoms with Crippen molar-refractivity contribution in [2.24, 2.45) is 0 Å². The van der Waals surface area contributed by atoms with Crippen molar-refractivity contribution < 1.29 is 9.84 Å². The molecule has 27 heavy (non-hydrogen) atoms. The Kier molecular flexibility index (Phi) is 5.28. The van der Waals surface area contributed by atoms with E-state index in [0.29, 0.717) is 19.2 Å². The highest BCUT2D eigenvalue weighted by molar-refractivity contribution is 5.63. The Morgan fingerprint density at radius 1 is 0.963 bits per heavy atom. The number of rotatable bonds is 6. The first kappa shape index (κ1) is 17.8. The molecule has 4 rings (SSSR count). The fourth-order valence-corrected chi connectivity index (χ4v) is 3.77. The third-order valence-electron chi connectivity index (χ3n) is 5.32. The summed E-state index contributed by atoms with van der Waals surface area (Å²) in [5, 5.41) is 10.4. The molecule has 1 aliphatic heterocycles. The van der Waals surface area contributed by atoms with Crippen LogP contribution in [0, 0.1) is 0 Å². The first-order chi connectivity index (χ1) is 13.2. The first-order valence-corrected chi connectivity index (χ1v) is 9.56. The highest BCUT2D eigenvalue weighted by Gasteiger charge is 2.25. The fraction of sp³-hybridized carbons (Fsp3) is 0.304. The van der Waals surface area contributed by atoms with Crippen LogP contribution in [0.2, 0.25) is 0 Å². The van der Waals surface area contributed by atoms with E-state index in [-0.39, 0.29) is 0 Å². The fourth-order valence-electron chi connectivity index (χ4n) is 3.77. The zero-order valence-corrected chi connectivity index (χ0v) is 15.7. The number of aliphatic hydroxyl groups is 1. The number of hydrogen-bond donors (Lipinski definition) is 1. The van der Waals surface area contributed by atoms with Crippen LogP contribution in [-0.4, -0.2) is 40.4 Å². The number of β-amino-alcohol motifs (C(OH)–C–C–N with tert-alkyl or cyclic N) is 1. The molecule has 1 aliphatic rings. The van der Waals surface area contributed by atoms with E-state index in [0.717, 1.165) is 24.4 Å². The highest BCUT2D eigenvalue weighted by atomic mass is 16.5. The molecule has 0 radical (unpaired) electrons. The predicted octanol–water partition coefficient (Wildman–Crippen LogP) is 3.97. The lowest BCUT2D eigenvalue weighted by Crippen LogP contribution is -2.42. The lowest BCUT2D eigenvalue weighted by Gasteiger charge is -2.36. The maximum atomic E-state index is 10.4. The van der Waals surface area contributed by atoms with Gasteiger partial charge in [0.2, 0.25) is 0 Å². The molecule has 1 N–H and O–H groups in total. The summed E-state index contributed by atoms with van der Waals surface area (Å²) in [6.07, 6.45) is 1.62. The molecule has 0 saturated carbocycles. The van der Waals surface area contributed by atoms with Gasteiger partial charge in [-0.3, -0.25) is 4.90 Å². The van der Waals surface area contributed by atoms with Gasteiger partial charge in [0.15, 0.2) is 0 Å². The first-order valence-electron chi connectivity index (χ1n) is 9.56. The highest BCUT2D eigenvalue weighted by Crippen LogP contribution is 2.25. The van der Waals surface area contributed by atoms with Crippen molar-refractivity contribution in [2.45, 2.75) is 25.6 Å². The third kappa shape index (κ3) is 4.07. The Labute approximate surface area is 160 Å². The Morgan fingerprint density at radius 3 is 2.48 bits per heavy atom. The van der Waals surface area contributed by atoms with Crippen LogP contribution in [0.4, 0.5) is 0 Å². The van der Waals surface area contributed by atoms with Crippen LogP contribution in [-0.2, 0) is 6.54 Å². The maximum absolute atomic E-state index is 10.4. The number of fused-ring (bicyclic) bond motifs is 1. The summed E-state index contributed by atoms with van der Waals surface area (Å²) in [6.45, 7) is 5.04. The Bertz CT molecular complexity index is 858. The van der Waals surface area contributed by atoms with Gasteiger partial charge in [0.1, 0.15) is 18.5 Å². The Morgan fingerprint density at radius 2 is 1.70 bits per heavy atom. The maximum Gasteiger partial charge on any atom is 0.119 e. The summed E-state index contributed by atoms with van der Waals surface area (Å²) in [6, 6.07) is 22.9. The lowest BCUT2D eigenvalue weighted by molar-refractivity contribution is 0.0453. The van der Waals surface area contributed by atoms with Gasteiger partial charge in [-0.2, -0.15) is 0 Å². The molecule has 0 aliphatic carbocycles. The lowest BCUT2D eigenvalue weighted by atomic mass is 10.1. The zero-order valence-electron chi connectivity index (χ0n) is 15.7. The summed E-state index contributed by atoms with van der Waals surface area (Å²) >= 11 is 0. The van der Waals surface area contributed by atoms with Gasteiger partial charge in [0.05, 0.1) is 0 Å². The molecule has 2 atom stereocenters. The van der Waals surface area contributed by atoms with E-state index in [1.807, 2.05) is 30.3 Å². The summed E-state index contributed by atoms with van der Waals surface area (Å²) in [4.78, 5) is 2.32. The zero-order chi connectivity index (χ0) is 18.6. The van der Waals surface area contributed by atoms with E-state index >= 15 is 0 Å². The molecule has 140 valence electrons. The summed E-state index contributed by atoms with van der Waals surface area (Å²) < 4.78 is 8.10. The van der Waals surface area contributed by atoms with Crippen molar-refractivity contribution in [2.75, 3.05) is 19.7 Å². The van der Waals surface area contributed by atoms with Crippen molar-refractivity contribution in [3.05, 3.63) is 78.6 Å². The Balaban J connectivity index is 1.30. The number of benzene rings is 2. The number of hydrogen-bond acceptors (Lipinski definition) is 3. The quantitative estimate of drug-likeness (QED) is 0.721. The molecule has 0 saturated heterocycles. The second-order valence-electron chi connectivity index (χ2n) is 7.15. The van der Waals surface area contributed by atoms with E-state index in [9.17, 15) is 5.11 Å². The van der Waals surface area contributed by atoms with Crippen LogP contribution in [0.3, 0.4) is 0 Å². The van der Waals surface area contributed by atoms with E-state index in [1.165, 1.54) is 11.3 Å². The van der Waals surface area contributed by atoms with Crippen LogP contribution in [0.25, 0.3) is 11.1 Å². The SMILES string of the molecule is CC1c2cccn2CCN1CC(O)COc1ccc(-c2ccccc2)cc1. The van der Waals surface area contributed by atoms with Crippen molar-refractivity contribution in [1.29, 1.82) is 0 Å². The van der Waals surface area contributed by atoms with E-state index in [2.05, 4.69) is 59.0 Å². The minimum absolute atomic E-state index is 0.301. The molecular weight excluding hydrogens is 336 g/mol. The van der Waals surface area contributed by atoms with Crippen molar-refractivity contribution in [3.63, 3.8) is 0 Å². The van der Waals surface area contributed by atoms with E-state index < -0.39 is 6.10 Å². The topological polar surface area (TPSA) is 37.6 Å². The summed E-state index contributed by atoms with van der Waals surface area (Å²) in [7, 11) is 0. The number of ether oxygens (including phenoxy) is 1. The largest absolute Gasteiger partial charge is 0.491 e. The smallest absolute Gasteiger partial charge is 0.119 e. The van der Waals surface area contributed by atoms with Crippen LogP contribution in [0.5, 0.6) is 5.75 Å². The second kappa shape index (κ2) is 7.99. The standard InChI is InChI=1S/C23H26N2O2/c1-18-23-8-5-13-24(23)14-15-25(18)16-21(26)17-27-22-11-9-20(10-12-22)19-6-3-2-4-7-19/h2-13,18,21,26H,14-17H2,1H3. The average Bonchev–Trinajstić information content (AvgIpc) is 3.19. The van der Waals surface area contributed by atoms with Gasteiger partial charge < -0.3 is 14.4 Å². The molecule has 2 unspecified atom stereocenters. The third-order valence-corrected chi connectivity index (χ3v) is 5.32. The molecule has 3 aromatic rings. The molecule has 4 nitrogen and oxygen atoms in total. The van der Waals surface area contributed by atoms with Gasteiger partial charge >= 0.3 is 0 Å². The normalized spacial score (nSPS) is 18.1. The molecule has 0 spiro atoms. The predicted molar refractivity (Wildman–Crippen MR) is 108 cm³/mol. The molecule has 0 fully saturated rings. The van der Waals surface area contributed by atoms with Crippen molar-refractivity contribution in [3.8, 4) is 16.9 Å². The van der Waals surface area contributed by atoms with E-state index in [4.69, 9.17) is 4.74 Å². The van der Waals surface area contributed by atoms with E-state index in [1.54, 1.807) is 0 Å². The van der Waals surface area contributed by atoms with Gasteiger partial charge in [-0.25, -0.2) is 0 Å².